The number of nitrogens with one attached hydrogen (secondary N) is 1. The Labute approximate surface area is 206 Å². The van der Waals surface area contributed by atoms with Crippen LogP contribution in [0.3, 0.4) is 0 Å². The Balaban J connectivity index is 0.000000303. The minimum Gasteiger partial charge on any atom is -0.442 e. The standard InChI is InChI=1S/C17H21FN4O4.C6H6N2O2/c1-12(24)19-9-14-10-22(17(25)26-14)13-2-3-16(15(18)8-13)21-6-4-20(11-23)5-7-21;7-5-1-3-6(4-2-5)8(9)10/h2-3,8,11,14H,4-7,9-10H2,1H3,(H,19,24);1-4H,7H2. The molecule has 2 aromatic rings. The quantitative estimate of drug-likeness (QED) is 0.262. The second kappa shape index (κ2) is 11.8. The Hall–Kier alpha value is -4.42. The lowest BCUT2D eigenvalue weighted by molar-refractivity contribution is -0.384. The van der Waals surface area contributed by atoms with Crippen LogP contribution in [0.5, 0.6) is 0 Å². The zero-order valence-corrected chi connectivity index (χ0v) is 19.6. The van der Waals surface area contributed by atoms with Gasteiger partial charge in [0.15, 0.2) is 0 Å². The fourth-order valence-corrected chi connectivity index (χ4v) is 3.68. The number of carbonyl (C=O) groups is 3. The number of nitrogens with two attached hydrogens (primary N) is 1. The highest BCUT2D eigenvalue weighted by Crippen LogP contribution is 2.28. The molecule has 0 saturated carbocycles. The van der Waals surface area contributed by atoms with Crippen LogP contribution < -0.4 is 20.9 Å². The van der Waals surface area contributed by atoms with Crippen molar-refractivity contribution >= 4 is 41.2 Å². The normalized spacial score (nSPS) is 17.1. The van der Waals surface area contributed by atoms with Gasteiger partial charge in [-0.05, 0) is 30.3 Å². The van der Waals surface area contributed by atoms with Crippen molar-refractivity contribution in [2.24, 2.45) is 0 Å². The van der Waals surface area contributed by atoms with Gasteiger partial charge in [0.05, 0.1) is 29.4 Å². The van der Waals surface area contributed by atoms with E-state index in [9.17, 15) is 28.9 Å². The first-order valence-corrected chi connectivity index (χ1v) is 11.1. The molecule has 1 atom stereocenters. The number of piperazine rings is 1. The molecule has 0 radical (unpaired) electrons. The number of amides is 3. The van der Waals surface area contributed by atoms with Crippen LogP contribution in [0.1, 0.15) is 6.92 Å². The van der Waals surface area contributed by atoms with Crippen LogP contribution in [0.4, 0.5) is 31.9 Å². The minimum absolute atomic E-state index is 0.0641. The summed E-state index contributed by atoms with van der Waals surface area (Å²) in [6.07, 6.45) is -0.231. The number of hydrogen-bond acceptors (Lipinski definition) is 8. The molecule has 13 heteroatoms. The fraction of sp³-hybridized carbons (Fsp3) is 0.348. The van der Waals surface area contributed by atoms with E-state index >= 15 is 0 Å². The molecule has 0 bridgehead atoms. The van der Waals surface area contributed by atoms with E-state index in [0.717, 1.165) is 6.41 Å². The number of rotatable bonds is 6. The van der Waals surface area contributed by atoms with Crippen LogP contribution in [0.15, 0.2) is 42.5 Å². The number of carbonyl (C=O) groups excluding carboxylic acids is 3. The van der Waals surface area contributed by atoms with E-state index in [4.69, 9.17) is 10.5 Å². The summed E-state index contributed by atoms with van der Waals surface area (Å²) in [7, 11) is 0. The Kier molecular flexibility index (Phi) is 8.60. The third kappa shape index (κ3) is 6.81. The zero-order chi connectivity index (χ0) is 26.2. The largest absolute Gasteiger partial charge is 0.442 e. The lowest BCUT2D eigenvalue weighted by atomic mass is 10.2. The monoisotopic (exact) mass is 502 g/mol. The molecule has 2 heterocycles. The second-order valence-electron chi connectivity index (χ2n) is 8.17. The number of hydrogen-bond donors (Lipinski definition) is 2. The number of ether oxygens (including phenoxy) is 1. The smallest absolute Gasteiger partial charge is 0.414 e. The summed E-state index contributed by atoms with van der Waals surface area (Å²) in [6, 6.07) is 10.4. The maximum absolute atomic E-state index is 14.6. The average molecular weight is 503 g/mol. The first-order chi connectivity index (χ1) is 17.2. The molecule has 1 unspecified atom stereocenters. The first-order valence-electron chi connectivity index (χ1n) is 11.1. The van der Waals surface area contributed by atoms with Gasteiger partial charge in [-0.3, -0.25) is 24.6 Å². The highest BCUT2D eigenvalue weighted by molar-refractivity contribution is 5.90. The molecule has 4 rings (SSSR count). The zero-order valence-electron chi connectivity index (χ0n) is 19.6. The number of nitro benzene ring substituents is 1. The van der Waals surface area contributed by atoms with E-state index in [0.29, 0.717) is 43.2 Å². The van der Waals surface area contributed by atoms with Gasteiger partial charge in [0.25, 0.3) is 5.69 Å². The van der Waals surface area contributed by atoms with Gasteiger partial charge in [-0.15, -0.1) is 0 Å². The fourth-order valence-electron chi connectivity index (χ4n) is 3.68. The molecule has 2 aliphatic heterocycles. The van der Waals surface area contributed by atoms with Gasteiger partial charge in [-0.2, -0.15) is 0 Å². The van der Waals surface area contributed by atoms with Gasteiger partial charge in [0.1, 0.15) is 11.9 Å². The number of nitro groups is 1. The third-order valence-corrected chi connectivity index (χ3v) is 5.60. The molecule has 2 fully saturated rings. The van der Waals surface area contributed by atoms with Crippen molar-refractivity contribution in [1.82, 2.24) is 10.2 Å². The molecule has 2 saturated heterocycles. The van der Waals surface area contributed by atoms with Crippen LogP contribution in [-0.2, 0) is 14.3 Å². The number of nitrogen functional groups attached to an aromatic ring is 1. The van der Waals surface area contributed by atoms with Crippen LogP contribution in [-0.4, -0.2) is 73.6 Å². The summed E-state index contributed by atoms with van der Waals surface area (Å²) in [5.74, 6) is -0.635. The molecule has 12 nitrogen and oxygen atoms in total. The van der Waals surface area contributed by atoms with E-state index in [-0.39, 0.29) is 24.7 Å². The molecule has 36 heavy (non-hydrogen) atoms. The molecular weight excluding hydrogens is 475 g/mol. The van der Waals surface area contributed by atoms with Gasteiger partial charge in [0, 0.05) is 50.9 Å². The molecule has 2 aromatic carbocycles. The van der Waals surface area contributed by atoms with Crippen molar-refractivity contribution in [3.05, 3.63) is 58.4 Å². The van der Waals surface area contributed by atoms with Crippen LogP contribution in [0.2, 0.25) is 0 Å². The molecule has 0 aliphatic carbocycles. The molecule has 0 spiro atoms. The highest BCUT2D eigenvalue weighted by Gasteiger charge is 2.33. The van der Waals surface area contributed by atoms with Crippen molar-refractivity contribution < 1.29 is 28.4 Å². The summed E-state index contributed by atoms with van der Waals surface area (Å²) >= 11 is 0. The summed E-state index contributed by atoms with van der Waals surface area (Å²) in [5, 5.41) is 12.7. The molecule has 3 N–H and O–H groups in total. The first kappa shape index (κ1) is 26.2. The average Bonchev–Trinajstić information content (AvgIpc) is 3.24. The Morgan fingerprint density at radius 1 is 1.22 bits per heavy atom. The Morgan fingerprint density at radius 2 is 1.89 bits per heavy atom. The lowest BCUT2D eigenvalue weighted by Gasteiger charge is -2.34. The molecule has 192 valence electrons. The number of anilines is 3. The van der Waals surface area contributed by atoms with Crippen LogP contribution in [0, 0.1) is 15.9 Å². The van der Waals surface area contributed by atoms with Crippen molar-refractivity contribution in [1.29, 1.82) is 0 Å². The Morgan fingerprint density at radius 3 is 2.44 bits per heavy atom. The van der Waals surface area contributed by atoms with E-state index in [1.165, 1.54) is 42.2 Å². The van der Waals surface area contributed by atoms with E-state index in [1.807, 2.05) is 4.90 Å². The highest BCUT2D eigenvalue weighted by atomic mass is 19.1. The summed E-state index contributed by atoms with van der Waals surface area (Å²) in [4.78, 5) is 48.2. The minimum atomic E-state index is -0.563. The van der Waals surface area contributed by atoms with E-state index in [1.54, 1.807) is 17.0 Å². The molecule has 3 amide bonds. The predicted octanol–water partition coefficient (Wildman–Crippen LogP) is 1.74. The summed E-state index contributed by atoms with van der Waals surface area (Å²) in [5.41, 5.74) is 6.76. The third-order valence-electron chi connectivity index (χ3n) is 5.60. The Bertz CT molecular complexity index is 1110. The van der Waals surface area contributed by atoms with Crippen LogP contribution >= 0.6 is 0 Å². The predicted molar refractivity (Wildman–Crippen MR) is 130 cm³/mol. The van der Waals surface area contributed by atoms with Crippen molar-refractivity contribution in [2.45, 2.75) is 13.0 Å². The second-order valence-corrected chi connectivity index (χ2v) is 8.17. The number of benzene rings is 2. The van der Waals surface area contributed by atoms with Gasteiger partial charge in [-0.25, -0.2) is 9.18 Å². The summed E-state index contributed by atoms with van der Waals surface area (Å²) in [6.45, 7) is 4.06. The van der Waals surface area contributed by atoms with E-state index in [2.05, 4.69) is 5.32 Å². The number of nitrogens with zero attached hydrogens (tertiary/aromatic N) is 4. The van der Waals surface area contributed by atoms with Crippen LogP contribution in [0.25, 0.3) is 0 Å². The van der Waals surface area contributed by atoms with Crippen molar-refractivity contribution in [3.63, 3.8) is 0 Å². The number of non-ortho nitro benzene ring substituents is 1. The SMILES string of the molecule is CC(=O)NCC1CN(c2ccc(N3CCN(C=O)CC3)c(F)c2)C(=O)O1.Nc1ccc([N+](=O)[O-])cc1. The number of halogens is 1. The summed E-state index contributed by atoms with van der Waals surface area (Å²) < 4.78 is 19.8. The lowest BCUT2D eigenvalue weighted by Crippen LogP contribution is -2.46. The van der Waals surface area contributed by atoms with Gasteiger partial charge in [-0.1, -0.05) is 0 Å². The topological polar surface area (TPSA) is 151 Å². The van der Waals surface area contributed by atoms with E-state index < -0.39 is 22.9 Å². The molecule has 2 aliphatic rings. The van der Waals surface area contributed by atoms with Gasteiger partial charge in [0.2, 0.25) is 12.3 Å². The molecule has 0 aromatic heterocycles. The van der Waals surface area contributed by atoms with Crippen molar-refractivity contribution in [3.8, 4) is 0 Å². The maximum Gasteiger partial charge on any atom is 0.414 e. The van der Waals surface area contributed by atoms with Gasteiger partial charge < -0.3 is 25.6 Å². The molecular formula is C23H27FN6O6. The maximum atomic E-state index is 14.6. The van der Waals surface area contributed by atoms with Crippen molar-refractivity contribution in [2.75, 3.05) is 54.8 Å². The van der Waals surface area contributed by atoms with Gasteiger partial charge >= 0.3 is 6.09 Å². The number of cyclic esters (lactones) is 1.